The third-order valence-corrected chi connectivity index (χ3v) is 10.4. The maximum Gasteiger partial charge on any atom is 0.130 e. The molecule has 1 aliphatic rings. The monoisotopic (exact) mass is 688 g/mol. The van der Waals surface area contributed by atoms with Gasteiger partial charge >= 0.3 is 0 Å². The second-order valence-electron chi connectivity index (χ2n) is 13.2. The van der Waals surface area contributed by atoms with Crippen LogP contribution in [0.15, 0.2) is 157 Å². The van der Waals surface area contributed by atoms with Crippen LogP contribution in [-0.4, -0.2) is 0 Å². The molecule has 1 fully saturated rings. The van der Waals surface area contributed by atoms with Crippen molar-refractivity contribution in [1.82, 2.24) is 0 Å². The van der Waals surface area contributed by atoms with Crippen molar-refractivity contribution in [3.8, 4) is 58.7 Å². The summed E-state index contributed by atoms with van der Waals surface area (Å²) < 4.78 is 0. The third kappa shape index (κ3) is 6.49. The van der Waals surface area contributed by atoms with E-state index in [2.05, 4.69) is 36.4 Å². The van der Waals surface area contributed by atoms with E-state index in [0.717, 1.165) is 44.5 Å². The lowest BCUT2D eigenvalue weighted by Gasteiger charge is -2.28. The number of hydrogen-bond donors (Lipinski definition) is 0. The maximum atomic E-state index is 10.6. The van der Waals surface area contributed by atoms with E-state index < -0.39 is 11.8 Å². The van der Waals surface area contributed by atoms with Crippen molar-refractivity contribution >= 4 is 0 Å². The van der Waals surface area contributed by atoms with Crippen molar-refractivity contribution < 1.29 is 0 Å². The summed E-state index contributed by atoms with van der Waals surface area (Å²) in [7, 11) is 0. The van der Waals surface area contributed by atoms with E-state index in [9.17, 15) is 31.6 Å². The van der Waals surface area contributed by atoms with Gasteiger partial charge in [-0.15, -0.1) is 0 Å². The topological polar surface area (TPSA) is 143 Å². The zero-order chi connectivity index (χ0) is 37.6. The minimum atomic E-state index is -0.411. The van der Waals surface area contributed by atoms with Crippen LogP contribution in [0.2, 0.25) is 0 Å². The number of allylic oxidation sites excluding steroid dienone is 2. The molecule has 4 unspecified atom stereocenters. The first kappa shape index (κ1) is 34.4. The number of nitrogens with zero attached hydrogens (tertiary/aromatic N) is 6. The molecule has 54 heavy (non-hydrogen) atoms. The Kier molecular flexibility index (Phi) is 9.62. The molecule has 4 atom stereocenters. The molecule has 6 aromatic rings. The normalized spacial score (nSPS) is 17.1. The Hall–Kier alpha value is -8.00. The van der Waals surface area contributed by atoms with Gasteiger partial charge in [0, 0.05) is 23.7 Å². The molecular weight excluding hydrogens is 661 g/mol. The van der Waals surface area contributed by atoms with E-state index in [1.54, 1.807) is 48.5 Å². The molecule has 0 radical (unpaired) electrons. The van der Waals surface area contributed by atoms with Crippen LogP contribution >= 0.6 is 0 Å². The van der Waals surface area contributed by atoms with Crippen molar-refractivity contribution in [3.63, 3.8) is 0 Å². The molecular formula is C48H28N6. The van der Waals surface area contributed by atoms with Gasteiger partial charge in [-0.25, -0.2) is 0 Å². The van der Waals surface area contributed by atoms with Crippen LogP contribution < -0.4 is 0 Å². The second kappa shape index (κ2) is 15.1. The van der Waals surface area contributed by atoms with Crippen molar-refractivity contribution in [3.05, 3.63) is 201 Å². The van der Waals surface area contributed by atoms with E-state index in [4.69, 9.17) is 0 Å². The van der Waals surface area contributed by atoms with Gasteiger partial charge in [0.25, 0.3) is 0 Å². The van der Waals surface area contributed by atoms with E-state index in [1.807, 2.05) is 97.1 Å². The predicted octanol–water partition coefficient (Wildman–Crippen LogP) is 10.3. The molecule has 0 bridgehead atoms. The van der Waals surface area contributed by atoms with Crippen molar-refractivity contribution in [2.24, 2.45) is 0 Å². The Morgan fingerprint density at radius 2 is 0.556 bits per heavy atom. The Balaban J connectivity index is 1.45. The number of rotatable bonds is 6. The highest BCUT2D eigenvalue weighted by Crippen LogP contribution is 2.64. The molecule has 0 heterocycles. The molecule has 0 spiro atoms. The average molecular weight is 689 g/mol. The van der Waals surface area contributed by atoms with Gasteiger partial charge in [0.15, 0.2) is 0 Å². The smallest absolute Gasteiger partial charge is 0.130 e. The minimum absolute atomic E-state index is 0.0483. The molecule has 1 saturated carbocycles. The number of hydrogen-bond acceptors (Lipinski definition) is 6. The van der Waals surface area contributed by atoms with Gasteiger partial charge in [0.1, 0.15) is 17.7 Å². The summed E-state index contributed by atoms with van der Waals surface area (Å²) in [5, 5.41) is 59.1. The van der Waals surface area contributed by atoms with Crippen molar-refractivity contribution in [1.29, 1.82) is 31.6 Å². The van der Waals surface area contributed by atoms with Crippen LogP contribution in [0.4, 0.5) is 0 Å². The van der Waals surface area contributed by atoms with Crippen molar-refractivity contribution in [2.45, 2.75) is 23.7 Å². The zero-order valence-electron chi connectivity index (χ0n) is 28.8. The lowest BCUT2D eigenvalue weighted by molar-refractivity contribution is 0.553. The molecule has 1 aliphatic carbocycles. The van der Waals surface area contributed by atoms with E-state index >= 15 is 0 Å². The van der Waals surface area contributed by atoms with Crippen LogP contribution in [-0.2, 0) is 0 Å². The first-order valence-corrected chi connectivity index (χ1v) is 17.3. The van der Waals surface area contributed by atoms with Gasteiger partial charge in [-0.3, -0.25) is 0 Å². The van der Waals surface area contributed by atoms with Crippen LogP contribution in [0, 0.1) is 68.0 Å². The van der Waals surface area contributed by atoms with Crippen LogP contribution in [0.25, 0.3) is 22.3 Å². The minimum Gasteiger partial charge on any atom is -0.192 e. The fraction of sp³-hybridized carbons (Fsp3) is 0.0833. The van der Waals surface area contributed by atoms with Gasteiger partial charge in [0.05, 0.1) is 46.5 Å². The van der Waals surface area contributed by atoms with Crippen molar-refractivity contribution in [2.75, 3.05) is 0 Å². The molecule has 6 nitrogen and oxygen atoms in total. The van der Waals surface area contributed by atoms with Gasteiger partial charge in [-0.05, 0) is 98.6 Å². The molecule has 7 rings (SSSR count). The molecule has 0 N–H and O–H groups in total. The fourth-order valence-corrected chi connectivity index (χ4v) is 7.83. The fourth-order valence-electron chi connectivity index (χ4n) is 7.83. The van der Waals surface area contributed by atoms with E-state index in [1.165, 1.54) is 0 Å². The number of benzene rings is 6. The molecule has 6 aromatic carbocycles. The van der Waals surface area contributed by atoms with Crippen LogP contribution in [0.3, 0.4) is 0 Å². The third-order valence-electron chi connectivity index (χ3n) is 10.4. The summed E-state index contributed by atoms with van der Waals surface area (Å²) >= 11 is 0. The second-order valence-corrected chi connectivity index (χ2v) is 13.2. The Labute approximate surface area is 314 Å². The molecule has 6 heteroatoms. The van der Waals surface area contributed by atoms with Gasteiger partial charge in [0.2, 0.25) is 0 Å². The summed E-state index contributed by atoms with van der Waals surface area (Å²) in [6.45, 7) is 0. The first-order valence-electron chi connectivity index (χ1n) is 17.3. The Morgan fingerprint density at radius 3 is 0.815 bits per heavy atom. The average Bonchev–Trinajstić information content (AvgIpc) is 3.60. The molecule has 0 amide bonds. The Morgan fingerprint density at radius 1 is 0.315 bits per heavy atom. The van der Waals surface area contributed by atoms with Crippen LogP contribution in [0.1, 0.15) is 68.2 Å². The molecule has 250 valence electrons. The quantitative estimate of drug-likeness (QED) is 0.159. The first-order chi connectivity index (χ1) is 26.5. The highest BCUT2D eigenvalue weighted by molar-refractivity contribution is 5.68. The largest absolute Gasteiger partial charge is 0.192 e. The summed E-state index contributed by atoms with van der Waals surface area (Å²) in [4.78, 5) is 0. The maximum absolute atomic E-state index is 10.6. The Bertz CT molecular complexity index is 2440. The van der Waals surface area contributed by atoms with E-state index in [-0.39, 0.29) is 17.4 Å². The van der Waals surface area contributed by atoms with Gasteiger partial charge in [-0.2, -0.15) is 31.6 Å². The number of nitriles is 6. The standard InChI is InChI=1S/C48H28N6/c49-25-31-1-9-35(10-2-31)37-17-21-41(22-18-37)46-44(39-13-5-33(27-51)6-14-39)45(40-15-7-34(28-52)8-16-40)47(48(46)43(29-53)30-54)42-23-19-38(20-24-42)36-11-3-32(26-50)4-12-36/h1-24,44-47H. The van der Waals surface area contributed by atoms with Gasteiger partial charge in [-0.1, -0.05) is 97.1 Å². The molecule has 0 aromatic heterocycles. The SMILES string of the molecule is N#CC(C#N)=C1C(c2ccc(-c3ccc(C#N)cc3)cc2)C(c2ccc(C#N)cc2)C(c2ccc(C#N)cc2)C1c1ccc(-c2ccc(C#N)cc2)cc1. The summed E-state index contributed by atoms with van der Waals surface area (Å²) in [5.74, 6) is -1.38. The van der Waals surface area contributed by atoms with Crippen LogP contribution in [0.5, 0.6) is 0 Å². The summed E-state index contributed by atoms with van der Waals surface area (Å²) in [5.41, 5.74) is 10.5. The van der Waals surface area contributed by atoms with E-state index in [0.29, 0.717) is 27.8 Å². The summed E-state index contributed by atoms with van der Waals surface area (Å²) in [6.07, 6.45) is 0. The van der Waals surface area contributed by atoms with Gasteiger partial charge < -0.3 is 0 Å². The molecule has 0 aliphatic heterocycles. The lowest BCUT2D eigenvalue weighted by Crippen LogP contribution is -2.14. The molecule has 0 saturated heterocycles. The highest BCUT2D eigenvalue weighted by Gasteiger charge is 2.50. The highest BCUT2D eigenvalue weighted by atomic mass is 14.5. The summed E-state index contributed by atoms with van der Waals surface area (Å²) in [6, 6.07) is 59.4. The lowest BCUT2D eigenvalue weighted by atomic mass is 9.74. The predicted molar refractivity (Wildman–Crippen MR) is 205 cm³/mol. The zero-order valence-corrected chi connectivity index (χ0v) is 28.8.